The van der Waals surface area contributed by atoms with Gasteiger partial charge in [-0.05, 0) is 59.3 Å². The lowest BCUT2D eigenvalue weighted by Gasteiger charge is -2.08. The largest absolute Gasteiger partial charge is 0.288 e. The second kappa shape index (κ2) is 5.54. The van der Waals surface area contributed by atoms with Gasteiger partial charge in [-0.2, -0.15) is 0 Å². The maximum absolute atomic E-state index is 13.9. The third kappa shape index (κ3) is 2.79. The van der Waals surface area contributed by atoms with Crippen LogP contribution in [-0.2, 0) is 0 Å². The van der Waals surface area contributed by atoms with E-state index in [1.165, 1.54) is 19.1 Å². The maximum atomic E-state index is 13.9. The zero-order chi connectivity index (χ0) is 14.2. The van der Waals surface area contributed by atoms with Crippen LogP contribution in [0.1, 0.15) is 21.5 Å². The Kier molecular flexibility index (Phi) is 4.20. The molecule has 19 heavy (non-hydrogen) atoms. The molecule has 5 heteroatoms. The van der Waals surface area contributed by atoms with Gasteiger partial charge in [-0.1, -0.05) is 17.7 Å². The first kappa shape index (κ1) is 14.4. The summed E-state index contributed by atoms with van der Waals surface area (Å²) in [7, 11) is 0. The Bertz CT molecular complexity index is 671. The summed E-state index contributed by atoms with van der Waals surface area (Å²) in [5.41, 5.74) is -0.126. The van der Waals surface area contributed by atoms with Crippen LogP contribution in [0.5, 0.6) is 0 Å². The van der Waals surface area contributed by atoms with Crippen LogP contribution in [0.15, 0.2) is 30.3 Å². The lowest BCUT2D eigenvalue weighted by Crippen LogP contribution is -2.10. The van der Waals surface area contributed by atoms with Gasteiger partial charge < -0.3 is 0 Å². The molecule has 0 N–H and O–H groups in total. The predicted molar refractivity (Wildman–Crippen MR) is 78.7 cm³/mol. The summed E-state index contributed by atoms with van der Waals surface area (Å²) in [5.74, 6) is -2.41. The standard InChI is InChI=1S/C14H8ClF2IO/c1-7-2-4-10(16)12(13(7)17)14(19)9-6-8(15)3-5-11(9)18/h2-6H,1H3. The van der Waals surface area contributed by atoms with Crippen molar-refractivity contribution in [3.8, 4) is 0 Å². The summed E-state index contributed by atoms with van der Waals surface area (Å²) < 4.78 is 28.2. The molecule has 0 fully saturated rings. The van der Waals surface area contributed by atoms with E-state index in [2.05, 4.69) is 0 Å². The van der Waals surface area contributed by atoms with Crippen LogP contribution in [0, 0.1) is 22.1 Å². The van der Waals surface area contributed by atoms with Gasteiger partial charge in [0.2, 0.25) is 0 Å². The van der Waals surface area contributed by atoms with E-state index in [-0.39, 0.29) is 11.1 Å². The van der Waals surface area contributed by atoms with Crippen LogP contribution in [0.25, 0.3) is 0 Å². The molecule has 0 heterocycles. The summed E-state index contributed by atoms with van der Waals surface area (Å²) in [6.45, 7) is 1.48. The van der Waals surface area contributed by atoms with E-state index in [0.717, 1.165) is 6.07 Å². The molecule has 0 aromatic heterocycles. The van der Waals surface area contributed by atoms with Gasteiger partial charge in [-0.25, -0.2) is 8.78 Å². The van der Waals surface area contributed by atoms with E-state index in [1.807, 2.05) is 22.6 Å². The van der Waals surface area contributed by atoms with Crippen molar-refractivity contribution in [2.45, 2.75) is 6.92 Å². The third-order valence-corrected chi connectivity index (χ3v) is 3.86. The highest BCUT2D eigenvalue weighted by Crippen LogP contribution is 2.24. The number of halogens is 4. The average molecular weight is 393 g/mol. The lowest BCUT2D eigenvalue weighted by molar-refractivity contribution is 0.103. The number of carbonyl (C=O) groups excluding carboxylic acids is 1. The molecule has 1 nitrogen and oxygen atoms in total. The van der Waals surface area contributed by atoms with Gasteiger partial charge in [-0.3, -0.25) is 4.79 Å². The molecule has 2 rings (SSSR count). The predicted octanol–water partition coefficient (Wildman–Crippen LogP) is 4.76. The molecule has 0 unspecified atom stereocenters. The van der Waals surface area contributed by atoms with E-state index in [0.29, 0.717) is 8.59 Å². The summed E-state index contributed by atoms with van der Waals surface area (Å²) in [4.78, 5) is 12.3. The smallest absolute Gasteiger partial charge is 0.200 e. The highest BCUT2D eigenvalue weighted by Gasteiger charge is 2.22. The number of ketones is 1. The van der Waals surface area contributed by atoms with E-state index < -0.39 is 23.0 Å². The molecule has 0 saturated heterocycles. The van der Waals surface area contributed by atoms with Crippen LogP contribution in [0.2, 0.25) is 5.02 Å². The van der Waals surface area contributed by atoms with E-state index in [4.69, 9.17) is 11.6 Å². The van der Waals surface area contributed by atoms with Crippen molar-refractivity contribution in [2.24, 2.45) is 0 Å². The van der Waals surface area contributed by atoms with E-state index in [1.54, 1.807) is 12.1 Å². The number of hydrogen-bond donors (Lipinski definition) is 0. The van der Waals surface area contributed by atoms with Gasteiger partial charge in [0.25, 0.3) is 0 Å². The Morgan fingerprint density at radius 2 is 1.89 bits per heavy atom. The normalized spacial score (nSPS) is 10.6. The Morgan fingerprint density at radius 1 is 1.21 bits per heavy atom. The van der Waals surface area contributed by atoms with E-state index in [9.17, 15) is 13.6 Å². The zero-order valence-corrected chi connectivity index (χ0v) is 12.7. The first-order chi connectivity index (χ1) is 8.91. The summed E-state index contributed by atoms with van der Waals surface area (Å²) >= 11 is 7.74. The molecule has 0 saturated carbocycles. The second-order valence-electron chi connectivity index (χ2n) is 4.01. The Hall–Kier alpha value is -1.01. The van der Waals surface area contributed by atoms with Crippen molar-refractivity contribution in [1.82, 2.24) is 0 Å². The summed E-state index contributed by atoms with van der Waals surface area (Å²) in [6.07, 6.45) is 0. The van der Waals surface area contributed by atoms with Crippen LogP contribution in [0.4, 0.5) is 8.78 Å². The number of carbonyl (C=O) groups is 1. The van der Waals surface area contributed by atoms with Gasteiger partial charge in [0.05, 0.1) is 5.56 Å². The molecular weight excluding hydrogens is 385 g/mol. The van der Waals surface area contributed by atoms with Crippen LogP contribution >= 0.6 is 34.2 Å². The fourth-order valence-corrected chi connectivity index (χ4v) is 2.42. The quantitative estimate of drug-likeness (QED) is 0.532. The Morgan fingerprint density at radius 3 is 2.58 bits per heavy atom. The number of rotatable bonds is 2. The van der Waals surface area contributed by atoms with Gasteiger partial charge in [-0.15, -0.1) is 0 Å². The molecular formula is C14H8ClF2IO. The SMILES string of the molecule is Cc1ccc(F)c(C(=O)c2cc(Cl)ccc2I)c1F. The fraction of sp³-hybridized carbons (Fsp3) is 0.0714. The molecule has 0 aliphatic carbocycles. The first-order valence-corrected chi connectivity index (χ1v) is 6.82. The van der Waals surface area contributed by atoms with Crippen molar-refractivity contribution >= 4 is 40.0 Å². The number of aryl methyl sites for hydroxylation is 1. The minimum Gasteiger partial charge on any atom is -0.288 e. The van der Waals surface area contributed by atoms with Crippen molar-refractivity contribution < 1.29 is 13.6 Å². The molecule has 98 valence electrons. The third-order valence-electron chi connectivity index (χ3n) is 2.68. The van der Waals surface area contributed by atoms with Gasteiger partial charge in [0.15, 0.2) is 5.78 Å². The number of benzene rings is 2. The van der Waals surface area contributed by atoms with Crippen molar-refractivity contribution in [3.63, 3.8) is 0 Å². The second-order valence-corrected chi connectivity index (χ2v) is 5.61. The minimum absolute atomic E-state index is 0.191. The van der Waals surface area contributed by atoms with Gasteiger partial charge in [0.1, 0.15) is 11.6 Å². The lowest BCUT2D eigenvalue weighted by atomic mass is 10.0. The molecule has 0 atom stereocenters. The highest BCUT2D eigenvalue weighted by atomic mass is 127. The average Bonchev–Trinajstić information content (AvgIpc) is 2.37. The molecule has 2 aromatic carbocycles. The zero-order valence-electron chi connectivity index (χ0n) is 9.81. The molecule has 0 amide bonds. The van der Waals surface area contributed by atoms with Gasteiger partial charge >= 0.3 is 0 Å². The number of hydrogen-bond acceptors (Lipinski definition) is 1. The Balaban J connectivity index is 2.63. The highest BCUT2D eigenvalue weighted by molar-refractivity contribution is 14.1. The molecule has 0 aliphatic heterocycles. The summed E-state index contributed by atoms with van der Waals surface area (Å²) in [6, 6.07) is 7.03. The molecule has 2 aromatic rings. The van der Waals surface area contributed by atoms with Gasteiger partial charge in [0, 0.05) is 14.2 Å². The topological polar surface area (TPSA) is 17.1 Å². The minimum atomic E-state index is -0.871. The first-order valence-electron chi connectivity index (χ1n) is 5.36. The van der Waals surface area contributed by atoms with Crippen LogP contribution < -0.4 is 0 Å². The maximum Gasteiger partial charge on any atom is 0.200 e. The molecule has 0 spiro atoms. The monoisotopic (exact) mass is 392 g/mol. The molecule has 0 bridgehead atoms. The van der Waals surface area contributed by atoms with Crippen LogP contribution in [-0.4, -0.2) is 5.78 Å². The molecule has 0 aliphatic rings. The van der Waals surface area contributed by atoms with Crippen molar-refractivity contribution in [2.75, 3.05) is 0 Å². The van der Waals surface area contributed by atoms with Crippen molar-refractivity contribution in [3.05, 3.63) is 67.2 Å². The van der Waals surface area contributed by atoms with Crippen LogP contribution in [0.3, 0.4) is 0 Å². The van der Waals surface area contributed by atoms with Crippen molar-refractivity contribution in [1.29, 1.82) is 0 Å². The van der Waals surface area contributed by atoms with E-state index >= 15 is 0 Å². The fourth-order valence-electron chi connectivity index (χ4n) is 1.67. The Labute approximate surface area is 127 Å². The molecule has 0 radical (unpaired) electrons. The summed E-state index contributed by atoms with van der Waals surface area (Å²) in [5, 5.41) is 0.345.